The summed E-state index contributed by atoms with van der Waals surface area (Å²) in [5.41, 5.74) is 5.33. The molecule has 0 radical (unpaired) electrons. The van der Waals surface area contributed by atoms with E-state index >= 15 is 0 Å². The molecular weight excluding hydrogens is 421 g/mol. The fourth-order valence-electron chi connectivity index (χ4n) is 4.43. The van der Waals surface area contributed by atoms with Gasteiger partial charge in [-0.1, -0.05) is 12.1 Å². The van der Waals surface area contributed by atoms with E-state index in [1.165, 1.54) is 0 Å². The van der Waals surface area contributed by atoms with Gasteiger partial charge in [0.15, 0.2) is 0 Å². The first-order valence-corrected chi connectivity index (χ1v) is 11.6. The Kier molecular flexibility index (Phi) is 7.47. The van der Waals surface area contributed by atoms with Gasteiger partial charge >= 0.3 is 0 Å². The second kappa shape index (κ2) is 10.5. The molecule has 7 nitrogen and oxygen atoms in total. The number of ether oxygens (including phenoxy) is 1. The number of nitrogens with zero attached hydrogens (tertiary/aromatic N) is 3. The number of aryl methyl sites for hydroxylation is 3. The highest BCUT2D eigenvalue weighted by Crippen LogP contribution is 2.32. The number of benzene rings is 2. The summed E-state index contributed by atoms with van der Waals surface area (Å²) >= 11 is 0. The molecule has 0 spiro atoms. The van der Waals surface area contributed by atoms with Crippen LogP contribution in [0.3, 0.4) is 0 Å². The molecule has 1 aromatic heterocycles. The SMILES string of the molecule is Cc1cc(OCCNCCO)c2nc(N3CCNCC3)n(Cc3cc(C)c(F)c(C)c3)c2c1. The maximum absolute atomic E-state index is 14.2. The van der Waals surface area contributed by atoms with Gasteiger partial charge in [-0.25, -0.2) is 9.37 Å². The maximum Gasteiger partial charge on any atom is 0.207 e. The van der Waals surface area contributed by atoms with Gasteiger partial charge in [-0.3, -0.25) is 0 Å². The van der Waals surface area contributed by atoms with Crippen LogP contribution in [0.4, 0.5) is 10.3 Å². The number of hydrogen-bond acceptors (Lipinski definition) is 6. The van der Waals surface area contributed by atoms with Crippen LogP contribution >= 0.6 is 0 Å². The molecule has 33 heavy (non-hydrogen) atoms. The molecule has 1 aliphatic heterocycles. The van der Waals surface area contributed by atoms with E-state index in [9.17, 15) is 4.39 Å². The van der Waals surface area contributed by atoms with Gasteiger partial charge < -0.3 is 29.9 Å². The third kappa shape index (κ3) is 5.29. The number of imidazole rings is 1. The van der Waals surface area contributed by atoms with E-state index < -0.39 is 0 Å². The first kappa shape index (κ1) is 23.5. The van der Waals surface area contributed by atoms with Gasteiger partial charge in [0, 0.05) is 39.3 Å². The van der Waals surface area contributed by atoms with Crippen molar-refractivity contribution in [3.05, 3.63) is 52.3 Å². The van der Waals surface area contributed by atoms with Crippen LogP contribution in [-0.4, -0.2) is 67.1 Å². The van der Waals surface area contributed by atoms with E-state index in [-0.39, 0.29) is 12.4 Å². The molecule has 3 aromatic rings. The van der Waals surface area contributed by atoms with Crippen molar-refractivity contribution < 1.29 is 14.2 Å². The van der Waals surface area contributed by atoms with Gasteiger partial charge in [0.2, 0.25) is 5.95 Å². The zero-order valence-electron chi connectivity index (χ0n) is 19.7. The van der Waals surface area contributed by atoms with E-state index in [2.05, 4.69) is 33.1 Å². The minimum atomic E-state index is -0.141. The zero-order chi connectivity index (χ0) is 23.4. The molecule has 3 N–H and O–H groups in total. The van der Waals surface area contributed by atoms with Crippen LogP contribution < -0.4 is 20.3 Å². The monoisotopic (exact) mass is 455 g/mol. The average molecular weight is 456 g/mol. The number of aliphatic hydroxyl groups is 1. The smallest absolute Gasteiger partial charge is 0.207 e. The van der Waals surface area contributed by atoms with E-state index in [1.807, 2.05) is 32.0 Å². The summed E-state index contributed by atoms with van der Waals surface area (Å²) in [6.07, 6.45) is 0. The maximum atomic E-state index is 14.2. The lowest BCUT2D eigenvalue weighted by Gasteiger charge is -2.29. The number of piperazine rings is 1. The first-order valence-electron chi connectivity index (χ1n) is 11.6. The number of fused-ring (bicyclic) bond motifs is 1. The topological polar surface area (TPSA) is 74.6 Å². The van der Waals surface area contributed by atoms with Crippen LogP contribution in [0.15, 0.2) is 24.3 Å². The van der Waals surface area contributed by atoms with Gasteiger partial charge in [0.25, 0.3) is 0 Å². The average Bonchev–Trinajstić information content (AvgIpc) is 3.16. The summed E-state index contributed by atoms with van der Waals surface area (Å²) in [6, 6.07) is 8.03. The van der Waals surface area contributed by atoms with Gasteiger partial charge in [-0.15, -0.1) is 0 Å². The van der Waals surface area contributed by atoms with Crippen molar-refractivity contribution in [3.8, 4) is 5.75 Å². The zero-order valence-corrected chi connectivity index (χ0v) is 19.7. The molecule has 4 rings (SSSR count). The van der Waals surface area contributed by atoms with Crippen molar-refractivity contribution in [2.24, 2.45) is 0 Å². The lowest BCUT2D eigenvalue weighted by molar-refractivity contribution is 0.276. The van der Waals surface area contributed by atoms with Crippen LogP contribution in [0.1, 0.15) is 22.3 Å². The fraction of sp³-hybridized carbons (Fsp3) is 0.480. The van der Waals surface area contributed by atoms with Gasteiger partial charge in [0.05, 0.1) is 18.7 Å². The van der Waals surface area contributed by atoms with Crippen LogP contribution in [0.5, 0.6) is 5.75 Å². The largest absolute Gasteiger partial charge is 0.490 e. The number of nitrogens with one attached hydrogen (secondary N) is 2. The normalized spacial score (nSPS) is 14.3. The summed E-state index contributed by atoms with van der Waals surface area (Å²) in [7, 11) is 0. The summed E-state index contributed by atoms with van der Waals surface area (Å²) in [5.74, 6) is 1.54. The molecule has 0 bridgehead atoms. The van der Waals surface area contributed by atoms with E-state index in [0.717, 1.165) is 60.0 Å². The van der Waals surface area contributed by atoms with E-state index in [1.54, 1.807) is 0 Å². The molecule has 1 aliphatic rings. The molecule has 8 heteroatoms. The summed E-state index contributed by atoms with van der Waals surface area (Å²) in [5, 5.41) is 15.5. The Labute approximate surface area is 194 Å². The van der Waals surface area contributed by atoms with Crippen molar-refractivity contribution in [1.82, 2.24) is 20.2 Å². The highest BCUT2D eigenvalue weighted by molar-refractivity contribution is 5.86. The number of aliphatic hydroxyl groups excluding tert-OH is 1. The van der Waals surface area contributed by atoms with Gasteiger partial charge in [-0.2, -0.15) is 0 Å². The van der Waals surface area contributed by atoms with Crippen molar-refractivity contribution >= 4 is 17.0 Å². The van der Waals surface area contributed by atoms with Gasteiger partial charge in [0.1, 0.15) is 23.7 Å². The summed E-state index contributed by atoms with van der Waals surface area (Å²) in [4.78, 5) is 7.36. The quantitative estimate of drug-likeness (QED) is 0.431. The van der Waals surface area contributed by atoms with Crippen molar-refractivity contribution in [1.29, 1.82) is 0 Å². The van der Waals surface area contributed by atoms with Crippen molar-refractivity contribution in [3.63, 3.8) is 0 Å². The Morgan fingerprint density at radius 3 is 2.52 bits per heavy atom. The number of halogens is 1. The second-order valence-corrected chi connectivity index (χ2v) is 8.73. The second-order valence-electron chi connectivity index (χ2n) is 8.73. The predicted octanol–water partition coefficient (Wildman–Crippen LogP) is 2.52. The third-order valence-corrected chi connectivity index (χ3v) is 6.00. The Morgan fingerprint density at radius 1 is 1.09 bits per heavy atom. The number of aromatic nitrogens is 2. The number of hydrogen-bond donors (Lipinski definition) is 3. The van der Waals surface area contributed by atoms with Crippen molar-refractivity contribution in [2.45, 2.75) is 27.3 Å². The minimum absolute atomic E-state index is 0.107. The van der Waals surface area contributed by atoms with E-state index in [0.29, 0.717) is 37.4 Å². The van der Waals surface area contributed by atoms with Gasteiger partial charge in [-0.05, 0) is 55.2 Å². The molecule has 0 atom stereocenters. The molecule has 0 saturated carbocycles. The van der Waals surface area contributed by atoms with Crippen LogP contribution in [0.2, 0.25) is 0 Å². The minimum Gasteiger partial charge on any atom is -0.490 e. The first-order chi connectivity index (χ1) is 16.0. The van der Waals surface area contributed by atoms with E-state index in [4.69, 9.17) is 14.8 Å². The Bertz CT molecular complexity index is 1080. The molecule has 0 amide bonds. The molecule has 1 fully saturated rings. The highest BCUT2D eigenvalue weighted by Gasteiger charge is 2.22. The Hall–Kier alpha value is -2.68. The summed E-state index contributed by atoms with van der Waals surface area (Å²) < 4.78 is 22.6. The lowest BCUT2D eigenvalue weighted by Crippen LogP contribution is -2.44. The molecule has 0 unspecified atom stereocenters. The highest BCUT2D eigenvalue weighted by atomic mass is 19.1. The van der Waals surface area contributed by atoms with Crippen LogP contribution in [0.25, 0.3) is 11.0 Å². The fourth-order valence-corrected chi connectivity index (χ4v) is 4.43. The molecule has 2 aromatic carbocycles. The third-order valence-electron chi connectivity index (χ3n) is 6.00. The van der Waals surface area contributed by atoms with Crippen LogP contribution in [-0.2, 0) is 6.54 Å². The summed E-state index contributed by atoms with van der Waals surface area (Å²) in [6.45, 7) is 11.7. The molecule has 0 aliphatic carbocycles. The Balaban J connectivity index is 1.74. The lowest BCUT2D eigenvalue weighted by atomic mass is 10.1. The predicted molar refractivity (Wildman–Crippen MR) is 130 cm³/mol. The number of anilines is 1. The standard InChI is InChI=1S/C25H34FN5O2/c1-17-12-21-24(22(13-17)33-11-7-28-6-10-32)29-25(30-8-4-27-5-9-30)31(21)16-20-14-18(2)23(26)19(3)15-20/h12-15,27-28,32H,4-11,16H2,1-3H3. The molecule has 178 valence electrons. The molecular formula is C25H34FN5O2. The molecule has 2 heterocycles. The Morgan fingerprint density at radius 2 is 1.82 bits per heavy atom. The van der Waals surface area contributed by atoms with Crippen molar-refractivity contribution in [2.75, 3.05) is 57.4 Å². The van der Waals surface area contributed by atoms with Crippen LogP contribution in [0, 0.1) is 26.6 Å². The molecule has 1 saturated heterocycles. The number of rotatable bonds is 9.